The van der Waals surface area contributed by atoms with Crippen molar-refractivity contribution < 1.29 is 0 Å². The van der Waals surface area contributed by atoms with Crippen molar-refractivity contribution in [2.45, 2.75) is 31.6 Å². The second-order valence-electron chi connectivity index (χ2n) is 17.2. The van der Waals surface area contributed by atoms with Crippen LogP contribution in [0.5, 0.6) is 0 Å². The second kappa shape index (κ2) is 14.0. The summed E-state index contributed by atoms with van der Waals surface area (Å²) in [5, 5.41) is 2.66. The maximum Gasteiger partial charge on any atom is 0.0465 e. The van der Waals surface area contributed by atoms with Gasteiger partial charge >= 0.3 is 0 Å². The number of hydrogen-bond acceptors (Lipinski definition) is 2. The van der Waals surface area contributed by atoms with Gasteiger partial charge in [-0.2, -0.15) is 0 Å². The maximum atomic E-state index is 2.51. The smallest absolute Gasteiger partial charge is 0.0465 e. The van der Waals surface area contributed by atoms with E-state index in [1.54, 1.807) is 0 Å². The van der Waals surface area contributed by atoms with Crippen LogP contribution in [-0.2, 0) is 11.8 Å². The summed E-state index contributed by atoms with van der Waals surface area (Å²) >= 11 is 1.91. The van der Waals surface area contributed by atoms with Gasteiger partial charge in [0, 0.05) is 48.6 Å². The van der Waals surface area contributed by atoms with E-state index in [4.69, 9.17) is 0 Å². The predicted molar refractivity (Wildman–Crippen MR) is 260 cm³/mol. The predicted octanol–water partition coefficient (Wildman–Crippen LogP) is 16.5. The number of benzene rings is 9. The molecule has 1 atom stereocenters. The fourth-order valence-corrected chi connectivity index (χ4v) is 11.6. The van der Waals surface area contributed by atoms with Gasteiger partial charge in [0.25, 0.3) is 0 Å². The largest absolute Gasteiger partial charge is 0.310 e. The van der Waals surface area contributed by atoms with Gasteiger partial charge in [-0.25, -0.2) is 0 Å². The van der Waals surface area contributed by atoms with Crippen LogP contribution in [0.25, 0.3) is 64.7 Å². The zero-order valence-corrected chi connectivity index (χ0v) is 35.1. The molecule has 0 saturated carbocycles. The first-order chi connectivity index (χ1) is 30.0. The molecule has 0 amide bonds. The number of rotatable bonds is 6. The molecule has 10 aromatic rings. The third-order valence-corrected chi connectivity index (χ3v) is 14.7. The summed E-state index contributed by atoms with van der Waals surface area (Å²) in [5.74, 6) is 0.207. The molecule has 0 saturated heterocycles. The molecule has 61 heavy (non-hydrogen) atoms. The van der Waals surface area contributed by atoms with Gasteiger partial charge in [-0.05, 0) is 139 Å². The van der Waals surface area contributed by atoms with Crippen LogP contribution in [0.15, 0.2) is 206 Å². The highest BCUT2D eigenvalue weighted by Crippen LogP contribution is 2.52. The van der Waals surface area contributed by atoms with E-state index >= 15 is 0 Å². The fraction of sp³-hybridized carbons (Fsp3) is 0.0847. The van der Waals surface area contributed by atoms with Crippen molar-refractivity contribution in [2.75, 3.05) is 4.90 Å². The van der Waals surface area contributed by atoms with Crippen molar-refractivity contribution >= 4 is 48.6 Å². The van der Waals surface area contributed by atoms with E-state index in [9.17, 15) is 0 Å². The summed E-state index contributed by atoms with van der Waals surface area (Å²) < 4.78 is 2.66. The zero-order chi connectivity index (χ0) is 40.7. The lowest BCUT2D eigenvalue weighted by Gasteiger charge is -2.30. The molecule has 2 heteroatoms. The van der Waals surface area contributed by atoms with Gasteiger partial charge in [0.1, 0.15) is 0 Å². The Labute approximate surface area is 361 Å². The first-order valence-corrected chi connectivity index (χ1v) is 22.2. The molecule has 1 nitrogen and oxygen atoms in total. The Morgan fingerprint density at radius 2 is 1.08 bits per heavy atom. The average Bonchev–Trinajstić information content (AvgIpc) is 3.81. The number of fused-ring (bicyclic) bond motifs is 9. The van der Waals surface area contributed by atoms with Crippen LogP contribution in [0.4, 0.5) is 17.1 Å². The first kappa shape index (κ1) is 35.9. The third kappa shape index (κ3) is 5.81. The van der Waals surface area contributed by atoms with Gasteiger partial charge in [-0.3, -0.25) is 0 Å². The van der Waals surface area contributed by atoms with Crippen molar-refractivity contribution in [3.63, 3.8) is 0 Å². The van der Waals surface area contributed by atoms with E-state index in [0.29, 0.717) is 0 Å². The topological polar surface area (TPSA) is 3.24 Å². The Morgan fingerprint density at radius 3 is 1.92 bits per heavy atom. The van der Waals surface area contributed by atoms with Crippen LogP contribution in [0.1, 0.15) is 47.6 Å². The number of thiophene rings is 1. The Morgan fingerprint density at radius 1 is 0.443 bits per heavy atom. The number of para-hydroxylation sites is 1. The lowest BCUT2D eigenvalue weighted by molar-refractivity contribution is 0.660. The molecule has 12 rings (SSSR count). The summed E-state index contributed by atoms with van der Waals surface area (Å²) in [6.07, 6.45) is 0.960. The standard InChI is InChI=1S/C59H43NS/c1-59(2)55-23-13-11-21-48(55)49-32-30-45(37-56(49)59)60(43-18-7-4-8-19-43)44-28-25-39(26-29-44)52-35-42(36-54-50-22-12-14-24-57(50)61-58(52)54)51-34-41-17-9-10-20-46(41)47-31-27-40(33-53(47)51)38-15-5-3-6-16-38/h3-33,35-37,51H,34H2,1-2H3. The minimum atomic E-state index is -0.0845. The molecule has 2 aliphatic rings. The Bertz CT molecular complexity index is 3300. The highest BCUT2D eigenvalue weighted by atomic mass is 32.1. The molecule has 1 aromatic heterocycles. The minimum Gasteiger partial charge on any atom is -0.310 e. The molecule has 0 fully saturated rings. The van der Waals surface area contributed by atoms with Gasteiger partial charge in [-0.15, -0.1) is 11.3 Å². The van der Waals surface area contributed by atoms with Crippen LogP contribution in [0.2, 0.25) is 0 Å². The van der Waals surface area contributed by atoms with E-state index in [2.05, 4.69) is 225 Å². The summed E-state index contributed by atoms with van der Waals surface area (Å²) in [6.45, 7) is 4.72. The molecule has 0 radical (unpaired) electrons. The summed E-state index contributed by atoms with van der Waals surface area (Å²) in [5.41, 5.74) is 20.7. The van der Waals surface area contributed by atoms with Crippen LogP contribution in [0, 0.1) is 0 Å². The van der Waals surface area contributed by atoms with Gasteiger partial charge < -0.3 is 4.90 Å². The molecular weight excluding hydrogens is 755 g/mol. The van der Waals surface area contributed by atoms with Crippen LogP contribution in [0.3, 0.4) is 0 Å². The van der Waals surface area contributed by atoms with E-state index in [1.165, 1.54) is 98.2 Å². The maximum absolute atomic E-state index is 2.51. The Kier molecular flexibility index (Phi) is 8.27. The highest BCUT2D eigenvalue weighted by molar-refractivity contribution is 7.26. The average molecular weight is 798 g/mol. The molecule has 1 heterocycles. The summed E-state index contributed by atoms with van der Waals surface area (Å²) in [4.78, 5) is 2.41. The summed E-state index contributed by atoms with van der Waals surface area (Å²) in [7, 11) is 0. The summed E-state index contributed by atoms with van der Waals surface area (Å²) in [6, 6.07) is 77.0. The molecular formula is C59H43NS. The van der Waals surface area contributed by atoms with Crippen molar-refractivity contribution in [3.05, 3.63) is 234 Å². The van der Waals surface area contributed by atoms with Gasteiger partial charge in [0.15, 0.2) is 0 Å². The zero-order valence-electron chi connectivity index (χ0n) is 34.3. The molecule has 9 aromatic carbocycles. The normalized spacial score (nSPS) is 14.6. The first-order valence-electron chi connectivity index (χ1n) is 21.4. The van der Waals surface area contributed by atoms with Gasteiger partial charge in [0.2, 0.25) is 0 Å². The fourth-order valence-electron chi connectivity index (χ4n) is 10.4. The van der Waals surface area contributed by atoms with Gasteiger partial charge in [-0.1, -0.05) is 159 Å². The van der Waals surface area contributed by atoms with Crippen LogP contribution >= 0.6 is 11.3 Å². The van der Waals surface area contributed by atoms with Crippen molar-refractivity contribution in [2.24, 2.45) is 0 Å². The van der Waals surface area contributed by atoms with E-state index in [0.717, 1.165) is 17.8 Å². The molecule has 0 spiro atoms. The molecule has 0 aliphatic heterocycles. The molecule has 1 unspecified atom stereocenters. The van der Waals surface area contributed by atoms with E-state index in [1.807, 2.05) is 11.3 Å². The second-order valence-corrected chi connectivity index (χ2v) is 18.3. The number of hydrogen-bond donors (Lipinski definition) is 0. The van der Waals surface area contributed by atoms with Gasteiger partial charge in [0.05, 0.1) is 0 Å². The quantitative estimate of drug-likeness (QED) is 0.162. The lowest BCUT2D eigenvalue weighted by atomic mass is 9.74. The minimum absolute atomic E-state index is 0.0845. The molecule has 0 N–H and O–H groups in total. The third-order valence-electron chi connectivity index (χ3n) is 13.4. The number of nitrogens with zero attached hydrogens (tertiary/aromatic N) is 1. The SMILES string of the molecule is CC1(C)c2ccccc2-c2ccc(N(c3ccccc3)c3ccc(-c4cc(C5Cc6ccccc6-c6ccc(-c7ccccc7)cc65)cc5c4sc4ccccc45)cc3)cc21. The molecule has 290 valence electrons. The van der Waals surface area contributed by atoms with E-state index < -0.39 is 0 Å². The van der Waals surface area contributed by atoms with Crippen LogP contribution < -0.4 is 4.90 Å². The Balaban J connectivity index is 1.00. The van der Waals surface area contributed by atoms with E-state index in [-0.39, 0.29) is 11.3 Å². The molecule has 2 aliphatic carbocycles. The monoisotopic (exact) mass is 797 g/mol. The molecule has 0 bridgehead atoms. The number of anilines is 3. The van der Waals surface area contributed by atoms with Crippen molar-refractivity contribution in [3.8, 4) is 44.5 Å². The lowest BCUT2D eigenvalue weighted by Crippen LogP contribution is -2.16. The van der Waals surface area contributed by atoms with Crippen molar-refractivity contribution in [1.82, 2.24) is 0 Å². The van der Waals surface area contributed by atoms with Crippen LogP contribution in [-0.4, -0.2) is 0 Å². The van der Waals surface area contributed by atoms with Crippen molar-refractivity contribution in [1.29, 1.82) is 0 Å². The Hall–Kier alpha value is -7.00. The highest BCUT2D eigenvalue weighted by Gasteiger charge is 2.36.